The monoisotopic (exact) mass is 287 g/mol. The van der Waals surface area contributed by atoms with Crippen LogP contribution in [0.4, 0.5) is 11.9 Å². The van der Waals surface area contributed by atoms with Crippen molar-refractivity contribution in [2.45, 2.75) is 20.8 Å². The molecule has 0 aliphatic rings. The molecule has 0 saturated carbocycles. The van der Waals surface area contributed by atoms with E-state index in [0.717, 1.165) is 18.7 Å². The zero-order valence-corrected chi connectivity index (χ0v) is 12.9. The van der Waals surface area contributed by atoms with Gasteiger partial charge >= 0.3 is 6.01 Å². The Bertz CT molecular complexity index is 598. The number of anilines is 2. The molecule has 0 aliphatic heterocycles. The molecular weight excluding hydrogens is 266 g/mol. The van der Waals surface area contributed by atoms with Crippen LogP contribution in [0.1, 0.15) is 19.4 Å². The number of hydrogen-bond donors (Lipinski definition) is 1. The fraction of sp³-hybridized carbons (Fsp3) is 0.400. The SMILES string of the molecule is CCN(CC)c1nc(NC)nc(Oc2cccc(C)c2)n1. The van der Waals surface area contributed by atoms with E-state index in [1.807, 2.05) is 36.1 Å². The van der Waals surface area contributed by atoms with Crippen molar-refractivity contribution in [1.82, 2.24) is 15.0 Å². The Kier molecular flexibility index (Phi) is 4.92. The van der Waals surface area contributed by atoms with Crippen molar-refractivity contribution >= 4 is 11.9 Å². The van der Waals surface area contributed by atoms with Crippen LogP contribution >= 0.6 is 0 Å². The van der Waals surface area contributed by atoms with E-state index in [1.54, 1.807) is 7.05 Å². The van der Waals surface area contributed by atoms with Crippen LogP contribution in [0.25, 0.3) is 0 Å². The van der Waals surface area contributed by atoms with Gasteiger partial charge in [0.05, 0.1) is 0 Å². The molecule has 0 amide bonds. The van der Waals surface area contributed by atoms with Crippen molar-refractivity contribution in [1.29, 1.82) is 0 Å². The van der Waals surface area contributed by atoms with Crippen molar-refractivity contribution in [2.24, 2.45) is 0 Å². The molecule has 0 bridgehead atoms. The largest absolute Gasteiger partial charge is 0.424 e. The van der Waals surface area contributed by atoms with E-state index in [1.165, 1.54) is 0 Å². The van der Waals surface area contributed by atoms with E-state index in [9.17, 15) is 0 Å². The third kappa shape index (κ3) is 3.81. The number of nitrogens with one attached hydrogen (secondary N) is 1. The number of nitrogens with zero attached hydrogens (tertiary/aromatic N) is 4. The van der Waals surface area contributed by atoms with Crippen molar-refractivity contribution in [2.75, 3.05) is 30.4 Å². The first-order valence-electron chi connectivity index (χ1n) is 7.09. The zero-order valence-electron chi connectivity index (χ0n) is 12.9. The van der Waals surface area contributed by atoms with Crippen LogP contribution in [0.3, 0.4) is 0 Å². The normalized spacial score (nSPS) is 10.3. The number of hydrogen-bond acceptors (Lipinski definition) is 6. The summed E-state index contributed by atoms with van der Waals surface area (Å²) in [6, 6.07) is 8.07. The molecule has 2 aromatic rings. The van der Waals surface area contributed by atoms with E-state index < -0.39 is 0 Å². The van der Waals surface area contributed by atoms with Gasteiger partial charge in [0, 0.05) is 20.1 Å². The topological polar surface area (TPSA) is 63.2 Å². The number of aromatic nitrogens is 3. The maximum Gasteiger partial charge on any atom is 0.328 e. The molecule has 1 heterocycles. The van der Waals surface area contributed by atoms with Gasteiger partial charge in [-0.25, -0.2) is 0 Å². The molecule has 112 valence electrons. The molecule has 0 aliphatic carbocycles. The Balaban J connectivity index is 2.32. The van der Waals surface area contributed by atoms with E-state index in [2.05, 4.69) is 34.1 Å². The third-order valence-electron chi connectivity index (χ3n) is 3.07. The summed E-state index contributed by atoms with van der Waals surface area (Å²) in [5.41, 5.74) is 1.12. The van der Waals surface area contributed by atoms with Gasteiger partial charge in [-0.2, -0.15) is 15.0 Å². The van der Waals surface area contributed by atoms with Gasteiger partial charge in [0.2, 0.25) is 11.9 Å². The second kappa shape index (κ2) is 6.88. The highest BCUT2D eigenvalue weighted by molar-refractivity contribution is 5.39. The molecule has 1 N–H and O–H groups in total. The molecule has 21 heavy (non-hydrogen) atoms. The Labute approximate surface area is 125 Å². The van der Waals surface area contributed by atoms with Crippen LogP contribution in [-0.4, -0.2) is 35.1 Å². The number of ether oxygens (including phenoxy) is 1. The third-order valence-corrected chi connectivity index (χ3v) is 3.07. The fourth-order valence-corrected chi connectivity index (χ4v) is 1.94. The van der Waals surface area contributed by atoms with Crippen LogP contribution in [0.2, 0.25) is 0 Å². The molecule has 0 radical (unpaired) electrons. The number of rotatable bonds is 6. The van der Waals surface area contributed by atoms with Gasteiger partial charge in [-0.15, -0.1) is 0 Å². The van der Waals surface area contributed by atoms with Crippen molar-refractivity contribution in [3.8, 4) is 11.8 Å². The molecule has 1 aromatic heterocycles. The smallest absolute Gasteiger partial charge is 0.328 e. The van der Waals surface area contributed by atoms with Gasteiger partial charge in [0.25, 0.3) is 0 Å². The van der Waals surface area contributed by atoms with Crippen LogP contribution < -0.4 is 15.0 Å². The predicted octanol–water partition coefficient (Wildman–Crippen LogP) is 2.86. The van der Waals surface area contributed by atoms with Crippen molar-refractivity contribution in [3.05, 3.63) is 29.8 Å². The maximum absolute atomic E-state index is 5.75. The molecule has 0 fully saturated rings. The minimum absolute atomic E-state index is 0.293. The lowest BCUT2D eigenvalue weighted by Gasteiger charge is -2.19. The summed E-state index contributed by atoms with van der Waals surface area (Å²) in [5.74, 6) is 1.82. The summed E-state index contributed by atoms with van der Waals surface area (Å²) < 4.78 is 5.75. The van der Waals surface area contributed by atoms with Crippen molar-refractivity contribution < 1.29 is 4.74 Å². The zero-order chi connectivity index (χ0) is 15.2. The summed E-state index contributed by atoms with van der Waals surface area (Å²) in [4.78, 5) is 15.0. The van der Waals surface area contributed by atoms with Crippen molar-refractivity contribution in [3.63, 3.8) is 0 Å². The van der Waals surface area contributed by atoms with Gasteiger partial charge in [-0.05, 0) is 38.5 Å². The first-order valence-corrected chi connectivity index (χ1v) is 7.09. The number of aryl methyl sites for hydroxylation is 1. The van der Waals surface area contributed by atoms with Gasteiger partial charge in [-0.1, -0.05) is 12.1 Å². The Hall–Kier alpha value is -2.37. The summed E-state index contributed by atoms with van der Waals surface area (Å²) in [5, 5.41) is 2.94. The molecule has 0 spiro atoms. The minimum atomic E-state index is 0.293. The van der Waals surface area contributed by atoms with E-state index in [0.29, 0.717) is 23.7 Å². The minimum Gasteiger partial charge on any atom is -0.424 e. The second-order valence-corrected chi connectivity index (χ2v) is 4.58. The first-order chi connectivity index (χ1) is 10.2. The van der Waals surface area contributed by atoms with E-state index >= 15 is 0 Å². The number of benzene rings is 1. The highest BCUT2D eigenvalue weighted by Gasteiger charge is 2.12. The van der Waals surface area contributed by atoms with Crippen LogP contribution in [0.5, 0.6) is 11.8 Å². The molecule has 0 atom stereocenters. The molecule has 6 heteroatoms. The van der Waals surface area contributed by atoms with Gasteiger partial charge in [-0.3, -0.25) is 0 Å². The van der Waals surface area contributed by atoms with E-state index in [-0.39, 0.29) is 0 Å². The van der Waals surface area contributed by atoms with Crippen LogP contribution in [0.15, 0.2) is 24.3 Å². The summed E-state index contributed by atoms with van der Waals surface area (Å²) in [6.45, 7) is 7.79. The lowest BCUT2D eigenvalue weighted by atomic mass is 10.2. The highest BCUT2D eigenvalue weighted by atomic mass is 16.5. The summed E-state index contributed by atoms with van der Waals surface area (Å²) in [7, 11) is 1.78. The quantitative estimate of drug-likeness (QED) is 0.881. The molecule has 0 unspecified atom stereocenters. The van der Waals surface area contributed by atoms with E-state index in [4.69, 9.17) is 4.74 Å². The fourth-order valence-electron chi connectivity index (χ4n) is 1.94. The highest BCUT2D eigenvalue weighted by Crippen LogP contribution is 2.21. The Morgan fingerprint density at radius 3 is 2.52 bits per heavy atom. The maximum atomic E-state index is 5.75. The van der Waals surface area contributed by atoms with Crippen LogP contribution in [-0.2, 0) is 0 Å². The Morgan fingerprint density at radius 1 is 1.14 bits per heavy atom. The predicted molar refractivity (Wildman–Crippen MR) is 84.2 cm³/mol. The summed E-state index contributed by atoms with van der Waals surface area (Å²) in [6.07, 6.45) is 0. The molecule has 0 saturated heterocycles. The standard InChI is InChI=1S/C15H21N5O/c1-5-20(6-2)14-17-13(16-4)18-15(19-14)21-12-9-7-8-11(3)10-12/h7-10H,5-6H2,1-4H3,(H,16,17,18,19). The average Bonchev–Trinajstić information content (AvgIpc) is 2.48. The molecule has 2 rings (SSSR count). The molecule has 1 aromatic carbocycles. The first kappa shape index (κ1) is 15.0. The Morgan fingerprint density at radius 2 is 1.90 bits per heavy atom. The lowest BCUT2D eigenvalue weighted by Crippen LogP contribution is -2.25. The second-order valence-electron chi connectivity index (χ2n) is 4.58. The van der Waals surface area contributed by atoms with Crippen LogP contribution in [0, 0.1) is 6.92 Å². The van der Waals surface area contributed by atoms with Gasteiger partial charge in [0.1, 0.15) is 5.75 Å². The molecule has 6 nitrogen and oxygen atoms in total. The lowest BCUT2D eigenvalue weighted by molar-refractivity contribution is 0.440. The summed E-state index contributed by atoms with van der Waals surface area (Å²) >= 11 is 0. The molecular formula is C15H21N5O. The van der Waals surface area contributed by atoms with Gasteiger partial charge in [0.15, 0.2) is 0 Å². The average molecular weight is 287 g/mol. The van der Waals surface area contributed by atoms with Gasteiger partial charge < -0.3 is 15.0 Å².